The van der Waals surface area contributed by atoms with Gasteiger partial charge in [-0.1, -0.05) is 32.3 Å². The second-order valence-electron chi connectivity index (χ2n) is 12.7. The Morgan fingerprint density at radius 3 is 2.47 bits per heavy atom. The standard InChI is InChI=1S/C34H44FN7O4S/c1-4-42-29(12-13-36-42)30(43)19-26(23-8-6-5-7-9-23)33(45)38-28-11-10-24(18-27(28)35)22(2)31(39-32(44)25-20-37-47-21-25)34(46)41-16-14-40(3)15-17-41/h10-13,18,20-23,26,31H,4-9,14-17,19H2,1-3H3,(H,38,45)(H,39,44)/t22-,26-,31+/m0/s1. The molecule has 3 atom stereocenters. The number of nitrogens with zero attached hydrogens (tertiary/aromatic N) is 5. The van der Waals surface area contributed by atoms with E-state index in [9.17, 15) is 19.2 Å². The molecule has 1 saturated carbocycles. The molecular formula is C34H44FN7O4S. The minimum atomic E-state index is -0.941. The molecule has 1 aromatic carbocycles. The van der Waals surface area contributed by atoms with E-state index in [0.29, 0.717) is 49.5 Å². The molecule has 1 aliphatic heterocycles. The number of ketones is 1. The van der Waals surface area contributed by atoms with Crippen LogP contribution in [0.5, 0.6) is 0 Å². The summed E-state index contributed by atoms with van der Waals surface area (Å²) in [4.78, 5) is 57.7. The molecule has 1 saturated heterocycles. The van der Waals surface area contributed by atoms with E-state index < -0.39 is 29.6 Å². The van der Waals surface area contributed by atoms with Crippen LogP contribution >= 0.6 is 11.5 Å². The Kier molecular flexibility index (Phi) is 11.5. The fourth-order valence-electron chi connectivity index (χ4n) is 6.64. The lowest BCUT2D eigenvalue weighted by atomic mass is 9.77. The van der Waals surface area contributed by atoms with Crippen LogP contribution in [0.15, 0.2) is 42.0 Å². The Morgan fingerprint density at radius 1 is 1.06 bits per heavy atom. The van der Waals surface area contributed by atoms with Crippen molar-refractivity contribution in [1.82, 2.24) is 29.3 Å². The number of halogens is 1. The van der Waals surface area contributed by atoms with Gasteiger partial charge >= 0.3 is 0 Å². The Balaban J connectivity index is 1.33. The summed E-state index contributed by atoms with van der Waals surface area (Å²) in [6, 6.07) is 5.20. The smallest absolute Gasteiger partial charge is 0.254 e. The molecule has 0 bridgehead atoms. The molecule has 47 heavy (non-hydrogen) atoms. The zero-order valence-corrected chi connectivity index (χ0v) is 28.1. The molecule has 3 amide bonds. The Morgan fingerprint density at radius 2 is 1.81 bits per heavy atom. The number of carbonyl (C=O) groups is 4. The van der Waals surface area contributed by atoms with Crippen LogP contribution in [0.4, 0.5) is 10.1 Å². The molecule has 0 spiro atoms. The first-order valence-electron chi connectivity index (χ1n) is 16.5. The van der Waals surface area contributed by atoms with Crippen molar-refractivity contribution in [2.24, 2.45) is 11.8 Å². The highest BCUT2D eigenvalue weighted by molar-refractivity contribution is 7.03. The summed E-state index contributed by atoms with van der Waals surface area (Å²) >= 11 is 1.14. The number of amides is 3. The monoisotopic (exact) mass is 665 g/mol. The molecule has 13 heteroatoms. The van der Waals surface area contributed by atoms with Crippen LogP contribution in [0.25, 0.3) is 0 Å². The van der Waals surface area contributed by atoms with E-state index in [1.807, 2.05) is 14.0 Å². The summed E-state index contributed by atoms with van der Waals surface area (Å²) in [6.45, 7) is 6.72. The Hall–Kier alpha value is -3.97. The van der Waals surface area contributed by atoms with E-state index in [1.54, 1.807) is 40.2 Å². The molecule has 0 unspecified atom stereocenters. The van der Waals surface area contributed by atoms with Gasteiger partial charge in [-0.25, -0.2) is 8.76 Å². The van der Waals surface area contributed by atoms with Crippen LogP contribution in [0.3, 0.4) is 0 Å². The maximum Gasteiger partial charge on any atom is 0.254 e. The van der Waals surface area contributed by atoms with Gasteiger partial charge in [-0.2, -0.15) is 5.10 Å². The summed E-state index contributed by atoms with van der Waals surface area (Å²) in [5.41, 5.74) is 1.33. The summed E-state index contributed by atoms with van der Waals surface area (Å²) in [5, 5.41) is 11.5. The molecular weight excluding hydrogens is 621 g/mol. The molecule has 252 valence electrons. The van der Waals surface area contributed by atoms with Crippen molar-refractivity contribution in [2.45, 2.75) is 70.9 Å². The van der Waals surface area contributed by atoms with E-state index in [4.69, 9.17) is 0 Å². The zero-order valence-electron chi connectivity index (χ0n) is 27.3. The van der Waals surface area contributed by atoms with Crippen molar-refractivity contribution in [3.63, 3.8) is 0 Å². The summed E-state index contributed by atoms with van der Waals surface area (Å²) < 4.78 is 21.3. The molecule has 3 aromatic rings. The lowest BCUT2D eigenvalue weighted by Gasteiger charge is -2.36. The third-order valence-corrected chi connectivity index (χ3v) is 10.2. The number of aromatic nitrogens is 3. The number of aryl methyl sites for hydroxylation is 1. The first-order chi connectivity index (χ1) is 22.7. The highest BCUT2D eigenvalue weighted by Gasteiger charge is 2.35. The van der Waals surface area contributed by atoms with E-state index in [2.05, 4.69) is 25.0 Å². The highest BCUT2D eigenvalue weighted by atomic mass is 32.1. The first kappa shape index (κ1) is 34.4. The SMILES string of the molecule is CCn1nccc1C(=O)C[C@H](C(=O)Nc1ccc([C@H](C)[C@@H](NC(=O)c2cnsc2)C(=O)N2CCN(C)CC2)cc1F)C1CCCCC1. The number of carbonyl (C=O) groups excluding carboxylic acids is 4. The fraction of sp³-hybridized carbons (Fsp3) is 0.529. The van der Waals surface area contributed by atoms with Gasteiger partial charge in [-0.15, -0.1) is 0 Å². The number of hydrogen-bond acceptors (Lipinski definition) is 8. The molecule has 1 aliphatic carbocycles. The molecule has 2 aliphatic rings. The van der Waals surface area contributed by atoms with Gasteiger partial charge in [0, 0.05) is 62.6 Å². The molecule has 2 aromatic heterocycles. The van der Waals surface area contributed by atoms with E-state index >= 15 is 4.39 Å². The molecule has 11 nitrogen and oxygen atoms in total. The number of likely N-dealkylation sites (N-methyl/N-ethyl adjacent to an activating group) is 1. The minimum absolute atomic E-state index is 0.00753. The van der Waals surface area contributed by atoms with Gasteiger partial charge in [0.15, 0.2) is 5.78 Å². The van der Waals surface area contributed by atoms with Crippen LogP contribution in [-0.2, 0) is 16.1 Å². The molecule has 5 rings (SSSR count). The Labute approximate surface area is 279 Å². The van der Waals surface area contributed by atoms with Gasteiger partial charge in [0.05, 0.1) is 17.4 Å². The topological polar surface area (TPSA) is 130 Å². The predicted octanol–water partition coefficient (Wildman–Crippen LogP) is 4.58. The normalized spacial score (nSPS) is 17.9. The number of benzene rings is 1. The third kappa shape index (κ3) is 8.31. The zero-order chi connectivity index (χ0) is 33.5. The van der Waals surface area contributed by atoms with Crippen LogP contribution in [0, 0.1) is 17.7 Å². The quantitative estimate of drug-likeness (QED) is 0.271. The van der Waals surface area contributed by atoms with Crippen LogP contribution in [0.1, 0.15) is 84.7 Å². The van der Waals surface area contributed by atoms with Crippen molar-refractivity contribution in [3.8, 4) is 0 Å². The van der Waals surface area contributed by atoms with E-state index in [0.717, 1.165) is 43.6 Å². The first-order valence-corrected chi connectivity index (χ1v) is 17.3. The average Bonchev–Trinajstić information content (AvgIpc) is 3.80. The number of nitrogens with one attached hydrogen (secondary N) is 2. The van der Waals surface area contributed by atoms with Crippen molar-refractivity contribution in [3.05, 3.63) is 64.7 Å². The Bertz CT molecular complexity index is 1550. The number of Topliss-reactive ketones (excluding diaryl/α,β-unsaturated/α-hetero) is 1. The second-order valence-corrected chi connectivity index (χ2v) is 13.3. The van der Waals surface area contributed by atoms with Crippen molar-refractivity contribution in [2.75, 3.05) is 38.5 Å². The fourth-order valence-corrected chi connectivity index (χ4v) is 7.15. The van der Waals surface area contributed by atoms with Crippen molar-refractivity contribution in [1.29, 1.82) is 0 Å². The van der Waals surface area contributed by atoms with Gasteiger partial charge in [0.2, 0.25) is 11.8 Å². The van der Waals surface area contributed by atoms with Crippen LogP contribution in [0.2, 0.25) is 0 Å². The van der Waals surface area contributed by atoms with Crippen molar-refractivity contribution < 1.29 is 23.6 Å². The highest BCUT2D eigenvalue weighted by Crippen LogP contribution is 2.34. The van der Waals surface area contributed by atoms with Gasteiger partial charge in [0.25, 0.3) is 5.91 Å². The number of anilines is 1. The summed E-state index contributed by atoms with van der Waals surface area (Å²) in [6.07, 6.45) is 7.81. The number of piperazine rings is 1. The number of hydrogen-bond donors (Lipinski definition) is 2. The second kappa shape index (κ2) is 15.7. The average molecular weight is 666 g/mol. The number of rotatable bonds is 12. The maximum absolute atomic E-state index is 15.7. The van der Waals surface area contributed by atoms with Gasteiger partial charge in [-0.3, -0.25) is 23.9 Å². The molecule has 2 fully saturated rings. The van der Waals surface area contributed by atoms with Gasteiger partial charge in [-0.05, 0) is 68.0 Å². The van der Waals surface area contributed by atoms with E-state index in [-0.39, 0.29) is 35.6 Å². The minimum Gasteiger partial charge on any atom is -0.340 e. The molecule has 2 N–H and O–H groups in total. The van der Waals surface area contributed by atoms with E-state index in [1.165, 1.54) is 18.3 Å². The summed E-state index contributed by atoms with van der Waals surface area (Å²) in [5.74, 6) is -3.00. The summed E-state index contributed by atoms with van der Waals surface area (Å²) in [7, 11) is 1.99. The van der Waals surface area contributed by atoms with Gasteiger partial charge < -0.3 is 20.4 Å². The predicted molar refractivity (Wildman–Crippen MR) is 178 cm³/mol. The van der Waals surface area contributed by atoms with Crippen LogP contribution in [-0.4, -0.2) is 86.7 Å². The largest absolute Gasteiger partial charge is 0.340 e. The lowest BCUT2D eigenvalue weighted by Crippen LogP contribution is -2.55. The molecule has 0 radical (unpaired) electrons. The maximum atomic E-state index is 15.7. The van der Waals surface area contributed by atoms with Gasteiger partial charge in [0.1, 0.15) is 17.6 Å². The lowest BCUT2D eigenvalue weighted by molar-refractivity contribution is -0.135. The third-order valence-electron chi connectivity index (χ3n) is 9.60. The van der Waals surface area contributed by atoms with Crippen LogP contribution < -0.4 is 10.6 Å². The molecule has 3 heterocycles. The van der Waals surface area contributed by atoms with Crippen molar-refractivity contribution >= 4 is 40.7 Å².